The Labute approximate surface area is 151 Å². The molecule has 2 aromatic rings. The number of benzene rings is 2. The first-order valence-electron chi connectivity index (χ1n) is 8.60. The zero-order valence-electron chi connectivity index (χ0n) is 15.6. The number of anilines is 1. The summed E-state index contributed by atoms with van der Waals surface area (Å²) >= 11 is 0. The van der Waals surface area contributed by atoms with E-state index in [0.717, 1.165) is 22.4 Å². The molecular weight excluding hydrogens is 332 g/mol. The van der Waals surface area contributed by atoms with E-state index >= 15 is 0 Å². The fraction of sp³-hybridized carbons (Fsp3) is 0.400. The van der Waals surface area contributed by atoms with Gasteiger partial charge < -0.3 is 5.32 Å². The minimum absolute atomic E-state index is 0.164. The minimum Gasteiger partial charge on any atom is -0.383 e. The molecule has 5 heteroatoms. The van der Waals surface area contributed by atoms with E-state index in [9.17, 15) is 8.42 Å². The van der Waals surface area contributed by atoms with Crippen molar-refractivity contribution >= 4 is 15.7 Å². The smallest absolute Gasteiger partial charge is 0.241 e. The van der Waals surface area contributed by atoms with E-state index in [0.29, 0.717) is 11.4 Å². The van der Waals surface area contributed by atoms with E-state index in [2.05, 4.69) is 10.0 Å². The standard InChI is InChI=1S/C20H28N2O2S/c1-14(2)19(13-21-18-9-7-6-8-10-18)22-25(23,24)20-16(4)11-15(3)12-17(20)5/h6-12,14,19,21-22H,13H2,1-5H3. The molecule has 0 fully saturated rings. The first-order valence-corrected chi connectivity index (χ1v) is 10.1. The van der Waals surface area contributed by atoms with E-state index in [1.165, 1.54) is 0 Å². The molecule has 0 aliphatic carbocycles. The van der Waals surface area contributed by atoms with Crippen LogP contribution in [-0.2, 0) is 10.0 Å². The number of nitrogens with one attached hydrogen (secondary N) is 2. The zero-order valence-corrected chi connectivity index (χ0v) is 16.4. The van der Waals surface area contributed by atoms with Crippen molar-refractivity contribution in [2.45, 2.75) is 45.6 Å². The monoisotopic (exact) mass is 360 g/mol. The molecule has 0 radical (unpaired) electrons. The van der Waals surface area contributed by atoms with Crippen LogP contribution in [0.1, 0.15) is 30.5 Å². The van der Waals surface area contributed by atoms with Crippen molar-refractivity contribution in [3.05, 3.63) is 59.2 Å². The first-order chi connectivity index (χ1) is 11.7. The lowest BCUT2D eigenvalue weighted by Crippen LogP contribution is -2.43. The van der Waals surface area contributed by atoms with Crippen molar-refractivity contribution in [2.24, 2.45) is 5.92 Å². The molecule has 0 saturated heterocycles. The molecule has 0 bridgehead atoms. The van der Waals surface area contributed by atoms with Gasteiger partial charge in [-0.1, -0.05) is 49.7 Å². The van der Waals surface area contributed by atoms with Gasteiger partial charge in [-0.15, -0.1) is 0 Å². The number of hydrogen-bond acceptors (Lipinski definition) is 3. The van der Waals surface area contributed by atoms with Crippen LogP contribution in [0.5, 0.6) is 0 Å². The van der Waals surface area contributed by atoms with Crippen molar-refractivity contribution in [3.8, 4) is 0 Å². The summed E-state index contributed by atoms with van der Waals surface area (Å²) in [5, 5.41) is 3.31. The third-order valence-corrected chi connectivity index (χ3v) is 6.08. The number of para-hydroxylation sites is 1. The molecule has 2 N–H and O–H groups in total. The first kappa shape index (κ1) is 19.5. The fourth-order valence-corrected chi connectivity index (χ4v) is 4.88. The average Bonchev–Trinajstić information content (AvgIpc) is 2.50. The highest BCUT2D eigenvalue weighted by molar-refractivity contribution is 7.89. The predicted octanol–water partition coefficient (Wildman–Crippen LogP) is 4.03. The molecule has 4 nitrogen and oxygen atoms in total. The van der Waals surface area contributed by atoms with Gasteiger partial charge in [0.1, 0.15) is 0 Å². The molecule has 1 atom stereocenters. The van der Waals surface area contributed by atoms with Crippen LogP contribution in [0.3, 0.4) is 0 Å². The van der Waals surface area contributed by atoms with Crippen molar-refractivity contribution < 1.29 is 8.42 Å². The summed E-state index contributed by atoms with van der Waals surface area (Å²) in [5.74, 6) is 0.164. The van der Waals surface area contributed by atoms with Crippen LogP contribution in [0.2, 0.25) is 0 Å². The van der Waals surface area contributed by atoms with Gasteiger partial charge in [0.2, 0.25) is 10.0 Å². The SMILES string of the molecule is Cc1cc(C)c(S(=O)(=O)NC(CNc2ccccc2)C(C)C)c(C)c1. The second-order valence-corrected chi connectivity index (χ2v) is 8.60. The molecule has 2 rings (SSSR count). The Morgan fingerprint density at radius 1 is 0.960 bits per heavy atom. The van der Waals surface area contributed by atoms with Crippen LogP contribution >= 0.6 is 0 Å². The van der Waals surface area contributed by atoms with Gasteiger partial charge in [-0.25, -0.2) is 13.1 Å². The molecule has 0 aliphatic heterocycles. The summed E-state index contributed by atoms with van der Waals surface area (Å²) in [6.07, 6.45) is 0. The predicted molar refractivity (Wildman–Crippen MR) is 105 cm³/mol. The van der Waals surface area contributed by atoms with Crippen molar-refractivity contribution in [1.29, 1.82) is 0 Å². The van der Waals surface area contributed by atoms with Crippen LogP contribution in [-0.4, -0.2) is 21.0 Å². The molecular formula is C20H28N2O2S. The minimum atomic E-state index is -3.58. The lowest BCUT2D eigenvalue weighted by atomic mass is 10.1. The van der Waals surface area contributed by atoms with E-state index in [-0.39, 0.29) is 12.0 Å². The van der Waals surface area contributed by atoms with Crippen LogP contribution in [0, 0.1) is 26.7 Å². The summed E-state index contributed by atoms with van der Waals surface area (Å²) in [7, 11) is -3.58. The van der Waals surface area contributed by atoms with E-state index in [1.807, 2.05) is 77.1 Å². The Morgan fingerprint density at radius 3 is 2.04 bits per heavy atom. The molecule has 0 saturated carbocycles. The number of hydrogen-bond donors (Lipinski definition) is 2. The zero-order chi connectivity index (χ0) is 18.6. The number of rotatable bonds is 7. The Kier molecular flexibility index (Phi) is 6.25. The summed E-state index contributed by atoms with van der Waals surface area (Å²) < 4.78 is 28.8. The van der Waals surface area contributed by atoms with Gasteiger partial charge in [0.05, 0.1) is 4.90 Å². The summed E-state index contributed by atoms with van der Waals surface area (Å²) in [5.41, 5.74) is 3.61. The molecule has 136 valence electrons. The molecule has 0 heterocycles. The second-order valence-electron chi connectivity index (χ2n) is 6.95. The van der Waals surface area contributed by atoms with Crippen LogP contribution in [0.4, 0.5) is 5.69 Å². The van der Waals surface area contributed by atoms with E-state index < -0.39 is 10.0 Å². The Bertz CT molecular complexity index is 792. The van der Waals surface area contributed by atoms with Gasteiger partial charge in [-0.2, -0.15) is 0 Å². The van der Waals surface area contributed by atoms with E-state index in [4.69, 9.17) is 0 Å². The van der Waals surface area contributed by atoms with Gasteiger partial charge in [0.25, 0.3) is 0 Å². The van der Waals surface area contributed by atoms with Crippen LogP contribution in [0.15, 0.2) is 47.4 Å². The van der Waals surface area contributed by atoms with Gasteiger partial charge in [0, 0.05) is 18.3 Å². The third-order valence-electron chi connectivity index (χ3n) is 4.28. The normalized spacial score (nSPS) is 13.0. The lowest BCUT2D eigenvalue weighted by Gasteiger charge is -2.24. The Morgan fingerprint density at radius 2 is 1.52 bits per heavy atom. The Balaban J connectivity index is 2.21. The molecule has 25 heavy (non-hydrogen) atoms. The highest BCUT2D eigenvalue weighted by atomic mass is 32.2. The van der Waals surface area contributed by atoms with E-state index in [1.54, 1.807) is 0 Å². The molecule has 2 aromatic carbocycles. The molecule has 0 spiro atoms. The van der Waals surface area contributed by atoms with Crippen LogP contribution < -0.4 is 10.0 Å². The quantitative estimate of drug-likeness (QED) is 0.784. The lowest BCUT2D eigenvalue weighted by molar-refractivity contribution is 0.462. The van der Waals surface area contributed by atoms with Gasteiger partial charge in [0.15, 0.2) is 0 Å². The highest BCUT2D eigenvalue weighted by Gasteiger charge is 2.25. The third kappa shape index (κ3) is 5.06. The molecule has 1 unspecified atom stereocenters. The molecule has 0 amide bonds. The van der Waals surface area contributed by atoms with Crippen LogP contribution in [0.25, 0.3) is 0 Å². The maximum atomic E-state index is 13.0. The number of aryl methyl sites for hydroxylation is 3. The largest absolute Gasteiger partial charge is 0.383 e. The molecule has 0 aliphatic rings. The van der Waals surface area contributed by atoms with Gasteiger partial charge in [-0.3, -0.25) is 0 Å². The average molecular weight is 361 g/mol. The maximum absolute atomic E-state index is 13.0. The van der Waals surface area contributed by atoms with Crippen molar-refractivity contribution in [2.75, 3.05) is 11.9 Å². The van der Waals surface area contributed by atoms with Gasteiger partial charge >= 0.3 is 0 Å². The van der Waals surface area contributed by atoms with Crippen molar-refractivity contribution in [3.63, 3.8) is 0 Å². The second kappa shape index (κ2) is 8.02. The fourth-order valence-electron chi connectivity index (χ4n) is 3.05. The maximum Gasteiger partial charge on any atom is 0.241 e. The van der Waals surface area contributed by atoms with Gasteiger partial charge in [-0.05, 0) is 49.9 Å². The summed E-state index contributed by atoms with van der Waals surface area (Å²) in [6.45, 7) is 10.3. The topological polar surface area (TPSA) is 58.2 Å². The molecule has 0 aromatic heterocycles. The highest BCUT2D eigenvalue weighted by Crippen LogP contribution is 2.22. The summed E-state index contributed by atoms with van der Waals surface area (Å²) in [4.78, 5) is 0.392. The summed E-state index contributed by atoms with van der Waals surface area (Å²) in [6, 6.07) is 13.4. The van der Waals surface area contributed by atoms with Crippen molar-refractivity contribution in [1.82, 2.24) is 4.72 Å². The Hall–Kier alpha value is -1.85. The number of sulfonamides is 1.